The Balaban J connectivity index is 1.62. The van der Waals surface area contributed by atoms with E-state index in [2.05, 4.69) is 15.4 Å². The lowest BCUT2D eigenvalue weighted by molar-refractivity contribution is -0.123. The zero-order valence-corrected chi connectivity index (χ0v) is 18.1. The van der Waals surface area contributed by atoms with Gasteiger partial charge < -0.3 is 10.6 Å². The number of sulfonamides is 1. The highest BCUT2D eigenvalue weighted by Gasteiger charge is 2.23. The van der Waals surface area contributed by atoms with E-state index in [-0.39, 0.29) is 21.8 Å². The van der Waals surface area contributed by atoms with Gasteiger partial charge in [-0.05, 0) is 74.8 Å². The van der Waals surface area contributed by atoms with Crippen LogP contribution in [0.3, 0.4) is 0 Å². The molecule has 1 saturated carbocycles. The molecule has 29 heavy (non-hydrogen) atoms. The van der Waals surface area contributed by atoms with Crippen LogP contribution >= 0.6 is 12.2 Å². The van der Waals surface area contributed by atoms with Crippen molar-refractivity contribution in [1.82, 2.24) is 5.32 Å². The summed E-state index contributed by atoms with van der Waals surface area (Å²) >= 11 is 5.19. The molecular formula is C21H25N3O3S2. The highest BCUT2D eigenvalue weighted by atomic mass is 32.2. The highest BCUT2D eigenvalue weighted by Crippen LogP contribution is 2.25. The normalized spacial score (nSPS) is 14.4. The number of benzene rings is 2. The van der Waals surface area contributed by atoms with Crippen LogP contribution in [0.25, 0.3) is 0 Å². The zero-order valence-electron chi connectivity index (χ0n) is 16.5. The van der Waals surface area contributed by atoms with Crippen molar-refractivity contribution in [3.05, 3.63) is 53.6 Å². The van der Waals surface area contributed by atoms with Crippen molar-refractivity contribution in [3.8, 4) is 0 Å². The van der Waals surface area contributed by atoms with Crippen LogP contribution in [0.2, 0.25) is 0 Å². The molecule has 0 unspecified atom stereocenters. The molecular weight excluding hydrogens is 406 g/mol. The first-order chi connectivity index (χ1) is 13.7. The summed E-state index contributed by atoms with van der Waals surface area (Å²) in [6.45, 7) is 3.82. The number of rotatable bonds is 5. The molecule has 0 aliphatic heterocycles. The number of nitrogens with one attached hydrogen (secondary N) is 3. The molecule has 3 rings (SSSR count). The van der Waals surface area contributed by atoms with Crippen LogP contribution < -0.4 is 15.4 Å². The van der Waals surface area contributed by atoms with Crippen LogP contribution in [-0.4, -0.2) is 19.4 Å². The van der Waals surface area contributed by atoms with Crippen LogP contribution in [0.5, 0.6) is 0 Å². The lowest BCUT2D eigenvalue weighted by atomic mass is 10.1. The van der Waals surface area contributed by atoms with Crippen LogP contribution in [0.4, 0.5) is 11.4 Å². The molecule has 0 radical (unpaired) electrons. The largest absolute Gasteiger partial charge is 0.332 e. The number of carbonyl (C=O) groups excluding carboxylic acids is 1. The van der Waals surface area contributed by atoms with E-state index >= 15 is 0 Å². The molecule has 6 nitrogen and oxygen atoms in total. The minimum Gasteiger partial charge on any atom is -0.332 e. The van der Waals surface area contributed by atoms with Crippen LogP contribution in [0, 0.1) is 19.8 Å². The van der Waals surface area contributed by atoms with Crippen LogP contribution in [-0.2, 0) is 14.8 Å². The predicted molar refractivity (Wildman–Crippen MR) is 119 cm³/mol. The molecule has 1 amide bonds. The minimum atomic E-state index is -3.70. The fourth-order valence-corrected chi connectivity index (χ4v) is 4.76. The summed E-state index contributed by atoms with van der Waals surface area (Å²) in [6.07, 6.45) is 3.94. The molecule has 0 saturated heterocycles. The van der Waals surface area contributed by atoms with Gasteiger partial charge in [0.15, 0.2) is 5.11 Å². The molecule has 3 N–H and O–H groups in total. The summed E-state index contributed by atoms with van der Waals surface area (Å²) in [4.78, 5) is 12.3. The minimum absolute atomic E-state index is 0.0265. The van der Waals surface area contributed by atoms with Gasteiger partial charge in [-0.2, -0.15) is 0 Å². The maximum absolute atomic E-state index is 12.7. The lowest BCUT2D eigenvalue weighted by Crippen LogP contribution is -2.37. The quantitative estimate of drug-likeness (QED) is 0.620. The summed E-state index contributed by atoms with van der Waals surface area (Å²) < 4.78 is 27.9. The molecule has 0 bridgehead atoms. The Morgan fingerprint density at radius 1 is 1.03 bits per heavy atom. The zero-order chi connectivity index (χ0) is 21.0. The van der Waals surface area contributed by atoms with Crippen LogP contribution in [0.1, 0.15) is 36.8 Å². The van der Waals surface area contributed by atoms with Crippen molar-refractivity contribution < 1.29 is 13.2 Å². The Hall–Kier alpha value is -2.45. The molecule has 0 atom stereocenters. The van der Waals surface area contributed by atoms with Gasteiger partial charge in [-0.1, -0.05) is 30.5 Å². The van der Waals surface area contributed by atoms with Gasteiger partial charge in [0.2, 0.25) is 5.91 Å². The van der Waals surface area contributed by atoms with E-state index < -0.39 is 10.0 Å². The second-order valence-corrected chi connectivity index (χ2v) is 9.46. The first kappa shape index (κ1) is 21.3. The molecule has 1 aliphatic carbocycles. The molecule has 1 aliphatic rings. The second kappa shape index (κ2) is 8.92. The average molecular weight is 432 g/mol. The number of amides is 1. The maximum atomic E-state index is 12.7. The topological polar surface area (TPSA) is 87.3 Å². The van der Waals surface area contributed by atoms with Crippen molar-refractivity contribution >= 4 is 44.6 Å². The molecule has 0 spiro atoms. The van der Waals surface area contributed by atoms with Gasteiger partial charge in [0, 0.05) is 11.6 Å². The van der Waals surface area contributed by atoms with Gasteiger partial charge in [-0.25, -0.2) is 8.42 Å². The predicted octanol–water partition coefficient (Wildman–Crippen LogP) is 4.11. The Morgan fingerprint density at radius 3 is 2.31 bits per heavy atom. The summed E-state index contributed by atoms with van der Waals surface area (Å²) in [5, 5.41) is 5.85. The molecule has 0 aromatic heterocycles. The van der Waals surface area contributed by atoms with E-state index in [4.69, 9.17) is 12.2 Å². The van der Waals surface area contributed by atoms with Crippen LogP contribution in [0.15, 0.2) is 47.4 Å². The smallest absolute Gasteiger partial charge is 0.261 e. The molecule has 8 heteroatoms. The van der Waals surface area contributed by atoms with Gasteiger partial charge in [-0.15, -0.1) is 0 Å². The monoisotopic (exact) mass is 431 g/mol. The number of thiocarbonyl (C=S) groups is 1. The average Bonchev–Trinajstić information content (AvgIpc) is 3.19. The van der Waals surface area contributed by atoms with E-state index in [9.17, 15) is 13.2 Å². The summed E-state index contributed by atoms with van der Waals surface area (Å²) in [7, 11) is -3.70. The lowest BCUT2D eigenvalue weighted by Gasteiger charge is -2.14. The number of hydrogen-bond donors (Lipinski definition) is 3. The van der Waals surface area contributed by atoms with Gasteiger partial charge >= 0.3 is 0 Å². The third-order valence-electron chi connectivity index (χ3n) is 5.01. The van der Waals surface area contributed by atoms with Crippen molar-refractivity contribution in [3.63, 3.8) is 0 Å². The Morgan fingerprint density at radius 2 is 1.69 bits per heavy atom. The summed E-state index contributed by atoms with van der Waals surface area (Å²) in [5.74, 6) is -0.0320. The number of aryl methyl sites for hydroxylation is 2. The van der Waals surface area contributed by atoms with Crippen molar-refractivity contribution in [1.29, 1.82) is 0 Å². The van der Waals surface area contributed by atoms with Crippen molar-refractivity contribution in [2.75, 3.05) is 10.0 Å². The first-order valence-corrected chi connectivity index (χ1v) is 11.5. The fourth-order valence-electron chi connectivity index (χ4n) is 3.41. The van der Waals surface area contributed by atoms with Crippen molar-refractivity contribution in [2.24, 2.45) is 5.92 Å². The van der Waals surface area contributed by atoms with Gasteiger partial charge in [0.1, 0.15) is 0 Å². The summed E-state index contributed by atoms with van der Waals surface area (Å²) in [5.41, 5.74) is 3.08. The number of hydrogen-bond acceptors (Lipinski definition) is 4. The maximum Gasteiger partial charge on any atom is 0.261 e. The van der Waals surface area contributed by atoms with E-state index in [1.165, 1.54) is 12.1 Å². The Kier molecular flexibility index (Phi) is 6.54. The molecule has 154 valence electrons. The van der Waals surface area contributed by atoms with Gasteiger partial charge in [0.05, 0.1) is 10.6 Å². The van der Waals surface area contributed by atoms with E-state index in [0.29, 0.717) is 11.4 Å². The van der Waals surface area contributed by atoms with E-state index in [1.807, 2.05) is 26.0 Å². The van der Waals surface area contributed by atoms with Gasteiger partial charge in [-0.3, -0.25) is 9.52 Å². The van der Waals surface area contributed by atoms with E-state index in [1.54, 1.807) is 18.2 Å². The molecule has 0 heterocycles. The van der Waals surface area contributed by atoms with Gasteiger partial charge in [0.25, 0.3) is 10.0 Å². The fraction of sp³-hybridized carbons (Fsp3) is 0.333. The third kappa shape index (κ3) is 5.55. The standard InChI is InChI=1S/C21H25N3O3S2/c1-14-7-12-19(15(2)13-14)24-29(26,27)18-10-8-17(9-11-18)22-21(28)23-20(25)16-5-3-4-6-16/h7-13,16,24H,3-6H2,1-2H3,(H2,22,23,25,28). The number of carbonyl (C=O) groups is 1. The molecule has 2 aromatic carbocycles. The SMILES string of the molecule is Cc1ccc(NS(=O)(=O)c2ccc(NC(=S)NC(=O)C3CCCC3)cc2)c(C)c1. The molecule has 2 aromatic rings. The Bertz CT molecular complexity index is 1010. The molecule has 1 fully saturated rings. The number of anilines is 2. The third-order valence-corrected chi connectivity index (χ3v) is 6.60. The van der Waals surface area contributed by atoms with Crippen molar-refractivity contribution in [2.45, 2.75) is 44.4 Å². The Labute approximate surface area is 177 Å². The highest BCUT2D eigenvalue weighted by molar-refractivity contribution is 7.92. The second-order valence-electron chi connectivity index (χ2n) is 7.37. The summed E-state index contributed by atoms with van der Waals surface area (Å²) in [6, 6.07) is 11.8. The first-order valence-electron chi connectivity index (χ1n) is 9.56. The van der Waals surface area contributed by atoms with E-state index in [0.717, 1.165) is 36.8 Å².